The molecule has 3 nitrogen and oxygen atoms in total. The molecule has 0 spiro atoms. The Morgan fingerprint density at radius 3 is 2.68 bits per heavy atom. The lowest BCUT2D eigenvalue weighted by molar-refractivity contribution is 0.0697. The fourth-order valence-electron chi connectivity index (χ4n) is 2.88. The summed E-state index contributed by atoms with van der Waals surface area (Å²) in [5.41, 5.74) is 2.42. The van der Waals surface area contributed by atoms with Gasteiger partial charge in [0, 0.05) is 12.2 Å². The Hall–Kier alpha value is -1.51. The Morgan fingerprint density at radius 2 is 2.05 bits per heavy atom. The summed E-state index contributed by atoms with van der Waals surface area (Å²) in [6, 6.07) is 5.27. The summed E-state index contributed by atoms with van der Waals surface area (Å²) in [6.07, 6.45) is 8.14. The van der Waals surface area contributed by atoms with E-state index in [1.54, 1.807) is 12.1 Å². The molecule has 0 amide bonds. The number of hydrogen-bond acceptors (Lipinski definition) is 2. The molecule has 0 heterocycles. The third kappa shape index (κ3) is 3.98. The first-order valence-electron chi connectivity index (χ1n) is 7.24. The van der Waals surface area contributed by atoms with E-state index in [0.717, 1.165) is 23.7 Å². The number of aryl methyl sites for hydroxylation is 1. The van der Waals surface area contributed by atoms with Crippen molar-refractivity contribution < 1.29 is 9.90 Å². The molecule has 0 aliphatic heterocycles. The first-order chi connectivity index (χ1) is 9.16. The molecule has 1 aliphatic rings. The highest BCUT2D eigenvalue weighted by Crippen LogP contribution is 2.26. The van der Waals surface area contributed by atoms with E-state index < -0.39 is 5.97 Å². The molecule has 0 bridgehead atoms. The minimum absolute atomic E-state index is 0.357. The monoisotopic (exact) mass is 261 g/mol. The van der Waals surface area contributed by atoms with Crippen LogP contribution in [0, 0.1) is 12.8 Å². The molecule has 0 unspecified atom stereocenters. The summed E-state index contributed by atoms with van der Waals surface area (Å²) in [6.45, 7) is 2.94. The second-order valence-corrected chi connectivity index (χ2v) is 5.55. The molecule has 2 N–H and O–H groups in total. The van der Waals surface area contributed by atoms with Crippen LogP contribution in [0.4, 0.5) is 5.69 Å². The van der Waals surface area contributed by atoms with Gasteiger partial charge in [-0.25, -0.2) is 4.79 Å². The summed E-state index contributed by atoms with van der Waals surface area (Å²) in [7, 11) is 0. The maximum atomic E-state index is 10.9. The topological polar surface area (TPSA) is 49.3 Å². The molecule has 0 atom stereocenters. The lowest BCUT2D eigenvalue weighted by Crippen LogP contribution is -2.12. The quantitative estimate of drug-likeness (QED) is 0.839. The number of carboxylic acid groups (broad SMARTS) is 1. The third-order valence-corrected chi connectivity index (χ3v) is 4.07. The van der Waals surface area contributed by atoms with E-state index in [2.05, 4.69) is 5.32 Å². The lowest BCUT2D eigenvalue weighted by atomic mass is 9.87. The second kappa shape index (κ2) is 6.60. The van der Waals surface area contributed by atoms with Gasteiger partial charge in [-0.2, -0.15) is 0 Å². The molecule has 3 heteroatoms. The first-order valence-corrected chi connectivity index (χ1v) is 7.24. The maximum absolute atomic E-state index is 10.9. The van der Waals surface area contributed by atoms with Crippen LogP contribution in [0.15, 0.2) is 18.2 Å². The number of aromatic carboxylic acids is 1. The minimum atomic E-state index is -0.864. The zero-order valence-electron chi connectivity index (χ0n) is 11.6. The van der Waals surface area contributed by atoms with Gasteiger partial charge >= 0.3 is 5.97 Å². The highest BCUT2D eigenvalue weighted by Gasteiger charge is 2.13. The van der Waals surface area contributed by atoms with E-state index in [9.17, 15) is 4.79 Å². The number of anilines is 1. The van der Waals surface area contributed by atoms with Crippen LogP contribution in [0.5, 0.6) is 0 Å². The summed E-state index contributed by atoms with van der Waals surface area (Å²) >= 11 is 0. The van der Waals surface area contributed by atoms with Crippen molar-refractivity contribution in [3.63, 3.8) is 0 Å². The molecule has 0 radical (unpaired) electrons. The van der Waals surface area contributed by atoms with Gasteiger partial charge in [0.15, 0.2) is 0 Å². The van der Waals surface area contributed by atoms with Crippen LogP contribution in [-0.4, -0.2) is 17.6 Å². The Kier molecular flexibility index (Phi) is 4.83. The number of carbonyl (C=O) groups is 1. The SMILES string of the molecule is Cc1cc(C(=O)O)ccc1NCCC1CCCCC1. The van der Waals surface area contributed by atoms with Crippen LogP contribution in [0.2, 0.25) is 0 Å². The molecule has 1 saturated carbocycles. The van der Waals surface area contributed by atoms with Gasteiger partial charge in [0.1, 0.15) is 0 Å². The highest BCUT2D eigenvalue weighted by molar-refractivity contribution is 5.88. The van der Waals surface area contributed by atoms with Crippen molar-refractivity contribution in [1.29, 1.82) is 0 Å². The molecular formula is C16H23NO2. The van der Waals surface area contributed by atoms with Crippen LogP contribution in [0.1, 0.15) is 54.4 Å². The van der Waals surface area contributed by atoms with Gasteiger partial charge in [0.05, 0.1) is 5.56 Å². The third-order valence-electron chi connectivity index (χ3n) is 4.07. The highest BCUT2D eigenvalue weighted by atomic mass is 16.4. The minimum Gasteiger partial charge on any atom is -0.478 e. The van der Waals surface area contributed by atoms with Crippen molar-refractivity contribution in [2.24, 2.45) is 5.92 Å². The van der Waals surface area contributed by atoms with Crippen molar-refractivity contribution in [1.82, 2.24) is 0 Å². The largest absolute Gasteiger partial charge is 0.478 e. The number of nitrogens with one attached hydrogen (secondary N) is 1. The summed E-state index contributed by atoms with van der Waals surface area (Å²) < 4.78 is 0. The molecule has 0 saturated heterocycles. The number of carboxylic acids is 1. The molecular weight excluding hydrogens is 238 g/mol. The van der Waals surface area contributed by atoms with Crippen LogP contribution < -0.4 is 5.32 Å². The van der Waals surface area contributed by atoms with Crippen molar-refractivity contribution in [3.05, 3.63) is 29.3 Å². The zero-order chi connectivity index (χ0) is 13.7. The van der Waals surface area contributed by atoms with E-state index >= 15 is 0 Å². The van der Waals surface area contributed by atoms with Crippen molar-refractivity contribution in [2.45, 2.75) is 45.4 Å². The molecule has 1 aliphatic carbocycles. The van der Waals surface area contributed by atoms with Crippen LogP contribution in [0.3, 0.4) is 0 Å². The predicted octanol–water partition coefficient (Wildman–Crippen LogP) is 4.08. The average molecular weight is 261 g/mol. The smallest absolute Gasteiger partial charge is 0.335 e. The summed E-state index contributed by atoms with van der Waals surface area (Å²) in [4.78, 5) is 10.9. The summed E-state index contributed by atoms with van der Waals surface area (Å²) in [5, 5.41) is 12.4. The van der Waals surface area contributed by atoms with Gasteiger partial charge in [0.25, 0.3) is 0 Å². The fraction of sp³-hybridized carbons (Fsp3) is 0.562. The van der Waals surface area contributed by atoms with Gasteiger partial charge in [0.2, 0.25) is 0 Å². The maximum Gasteiger partial charge on any atom is 0.335 e. The normalized spacial score (nSPS) is 16.3. The van der Waals surface area contributed by atoms with E-state index in [0.29, 0.717) is 5.56 Å². The van der Waals surface area contributed by atoms with Crippen LogP contribution in [-0.2, 0) is 0 Å². The average Bonchev–Trinajstić information content (AvgIpc) is 2.41. The Labute approximate surface area is 115 Å². The van der Waals surface area contributed by atoms with E-state index in [1.807, 2.05) is 13.0 Å². The van der Waals surface area contributed by atoms with E-state index in [4.69, 9.17) is 5.11 Å². The number of hydrogen-bond donors (Lipinski definition) is 2. The molecule has 19 heavy (non-hydrogen) atoms. The van der Waals surface area contributed by atoms with Gasteiger partial charge in [-0.1, -0.05) is 32.1 Å². The van der Waals surface area contributed by atoms with Gasteiger partial charge < -0.3 is 10.4 Å². The number of rotatable bonds is 5. The van der Waals surface area contributed by atoms with Crippen molar-refractivity contribution >= 4 is 11.7 Å². The molecule has 1 aromatic carbocycles. The van der Waals surface area contributed by atoms with Crippen molar-refractivity contribution in [3.8, 4) is 0 Å². The standard InChI is InChI=1S/C16H23NO2/c1-12-11-14(16(18)19)7-8-15(12)17-10-9-13-5-3-2-4-6-13/h7-8,11,13,17H,2-6,9-10H2,1H3,(H,18,19). The van der Waals surface area contributed by atoms with E-state index in [1.165, 1.54) is 38.5 Å². The Bertz CT molecular complexity index is 436. The van der Waals surface area contributed by atoms with Crippen LogP contribution in [0.25, 0.3) is 0 Å². The van der Waals surface area contributed by atoms with Crippen LogP contribution >= 0.6 is 0 Å². The van der Waals surface area contributed by atoms with Gasteiger partial charge in [-0.3, -0.25) is 0 Å². The molecule has 2 rings (SSSR count). The first kappa shape index (κ1) is 13.9. The Morgan fingerprint density at radius 1 is 1.32 bits per heavy atom. The molecule has 1 aromatic rings. The second-order valence-electron chi connectivity index (χ2n) is 5.55. The molecule has 0 aromatic heterocycles. The molecule has 1 fully saturated rings. The summed E-state index contributed by atoms with van der Waals surface area (Å²) in [5.74, 6) is 0.0108. The predicted molar refractivity (Wildman–Crippen MR) is 77.8 cm³/mol. The van der Waals surface area contributed by atoms with E-state index in [-0.39, 0.29) is 0 Å². The molecule has 104 valence electrons. The fourth-order valence-corrected chi connectivity index (χ4v) is 2.88. The zero-order valence-corrected chi connectivity index (χ0v) is 11.6. The van der Waals surface area contributed by atoms with Gasteiger partial charge in [-0.15, -0.1) is 0 Å². The lowest BCUT2D eigenvalue weighted by Gasteiger charge is -2.22. The van der Waals surface area contributed by atoms with Crippen molar-refractivity contribution in [2.75, 3.05) is 11.9 Å². The number of benzene rings is 1. The Balaban J connectivity index is 1.83. The van der Waals surface area contributed by atoms with Gasteiger partial charge in [-0.05, 0) is 43.0 Å².